The Kier molecular flexibility index (Phi) is 8.55. The molecule has 3 atom stereocenters. The summed E-state index contributed by atoms with van der Waals surface area (Å²) in [6, 6.07) is 28.2. The lowest BCUT2D eigenvalue weighted by molar-refractivity contribution is -0.138. The van der Waals surface area contributed by atoms with Crippen LogP contribution in [0.2, 0.25) is 0 Å². The van der Waals surface area contributed by atoms with Crippen molar-refractivity contribution in [2.45, 2.75) is 62.9 Å². The van der Waals surface area contributed by atoms with E-state index in [1.54, 1.807) is 12.1 Å². The SMILES string of the molecule is O=C1CCC(N2C(=O)c3cc4c(cc3C2=O)CN(C(=O)CN2CC3(C2)CN(c2ccc([C@@H]5c6ccc(O)cc6CC[C@@H]5c5ccccc5)cc2)C3)CCC4)C(=O)N1. The van der Waals surface area contributed by atoms with Crippen molar-refractivity contribution < 1.29 is 29.1 Å². The number of aromatic hydroxyl groups is 1. The molecule has 10 rings (SSSR count). The average molecular weight is 764 g/mol. The number of nitrogens with one attached hydrogen (secondary N) is 1. The van der Waals surface area contributed by atoms with Gasteiger partial charge in [-0.25, -0.2) is 0 Å². The highest BCUT2D eigenvalue weighted by Gasteiger charge is 2.52. The Morgan fingerprint density at radius 2 is 1.49 bits per heavy atom. The smallest absolute Gasteiger partial charge is 0.262 e. The van der Waals surface area contributed by atoms with Crippen molar-refractivity contribution in [2.24, 2.45) is 5.41 Å². The lowest BCUT2D eigenvalue weighted by Gasteiger charge is -2.61. The maximum absolute atomic E-state index is 13.7. The Hall–Kier alpha value is -5.81. The van der Waals surface area contributed by atoms with Gasteiger partial charge in [0.05, 0.1) is 17.7 Å². The molecule has 0 saturated carbocycles. The highest BCUT2D eigenvalue weighted by Crippen LogP contribution is 2.48. The highest BCUT2D eigenvalue weighted by atomic mass is 16.3. The van der Waals surface area contributed by atoms with E-state index in [0.29, 0.717) is 37.7 Å². The van der Waals surface area contributed by atoms with Crippen LogP contribution in [0.1, 0.15) is 91.6 Å². The minimum Gasteiger partial charge on any atom is -0.508 e. The number of fused-ring (bicyclic) bond motifs is 3. The summed E-state index contributed by atoms with van der Waals surface area (Å²) < 4.78 is 0. The van der Waals surface area contributed by atoms with Crippen LogP contribution in [0.4, 0.5) is 5.69 Å². The van der Waals surface area contributed by atoms with Gasteiger partial charge in [-0.15, -0.1) is 0 Å². The quantitative estimate of drug-likeness (QED) is 0.270. The maximum atomic E-state index is 13.7. The van der Waals surface area contributed by atoms with Crippen molar-refractivity contribution in [3.05, 3.63) is 129 Å². The molecule has 6 aliphatic rings. The van der Waals surface area contributed by atoms with Crippen molar-refractivity contribution in [1.82, 2.24) is 20.0 Å². The number of carbonyl (C=O) groups is 5. The van der Waals surface area contributed by atoms with Crippen LogP contribution in [0.3, 0.4) is 0 Å². The monoisotopic (exact) mass is 763 g/mol. The van der Waals surface area contributed by atoms with Crippen LogP contribution in [-0.4, -0.2) is 94.7 Å². The second kappa shape index (κ2) is 13.7. The van der Waals surface area contributed by atoms with E-state index in [4.69, 9.17) is 0 Å². The predicted molar refractivity (Wildman–Crippen MR) is 212 cm³/mol. The number of anilines is 1. The van der Waals surface area contributed by atoms with Gasteiger partial charge in [0.1, 0.15) is 11.8 Å². The Balaban J connectivity index is 0.760. The van der Waals surface area contributed by atoms with Crippen LogP contribution in [0.5, 0.6) is 5.75 Å². The van der Waals surface area contributed by atoms with E-state index in [2.05, 4.69) is 75.8 Å². The molecule has 4 aromatic carbocycles. The fraction of sp³-hybridized carbons (Fsp3) is 0.370. The lowest BCUT2D eigenvalue weighted by atomic mass is 9.69. The third-order valence-corrected chi connectivity index (χ3v) is 13.3. The van der Waals surface area contributed by atoms with Gasteiger partial charge in [0.2, 0.25) is 17.7 Å². The first-order valence-electron chi connectivity index (χ1n) is 20.2. The van der Waals surface area contributed by atoms with Crippen LogP contribution in [0.25, 0.3) is 0 Å². The Labute approximate surface area is 331 Å². The van der Waals surface area contributed by atoms with E-state index in [-0.39, 0.29) is 41.2 Å². The second-order valence-electron chi connectivity index (χ2n) is 17.0. The van der Waals surface area contributed by atoms with Gasteiger partial charge in [-0.1, -0.05) is 48.5 Å². The van der Waals surface area contributed by atoms with E-state index in [9.17, 15) is 29.1 Å². The summed E-state index contributed by atoms with van der Waals surface area (Å²) in [6.45, 7) is 4.99. The Bertz CT molecular complexity index is 2330. The zero-order chi connectivity index (χ0) is 39.0. The van der Waals surface area contributed by atoms with E-state index in [1.165, 1.54) is 27.9 Å². The molecule has 3 saturated heterocycles. The van der Waals surface area contributed by atoms with Gasteiger partial charge in [0.15, 0.2) is 0 Å². The van der Waals surface area contributed by atoms with E-state index >= 15 is 0 Å². The predicted octanol–water partition coefficient (Wildman–Crippen LogP) is 4.75. The standard InChI is InChI=1S/C46H45N5O6/c52-34-13-15-36-31(19-34)10-14-35(28-5-2-1-3-6-28)42(36)29-8-11-33(12-9-29)50-26-46(27-50)24-48(25-46)23-41(54)49-18-4-7-30-20-37-38(21-32(30)22-49)45(57)51(44(37)56)39-16-17-40(53)47-43(39)55/h1-3,5-6,8-9,11-13,15,19-21,35,39,42,52H,4,7,10,14,16-18,22-27H2,(H,47,53,55)/t35-,39?,42+/m1/s1. The molecule has 11 nitrogen and oxygen atoms in total. The van der Waals surface area contributed by atoms with Gasteiger partial charge in [0.25, 0.3) is 11.8 Å². The second-order valence-corrected chi connectivity index (χ2v) is 17.0. The first kappa shape index (κ1) is 35.6. The van der Waals surface area contributed by atoms with Crippen LogP contribution in [0.15, 0.2) is 84.9 Å². The van der Waals surface area contributed by atoms with E-state index in [1.807, 2.05) is 17.0 Å². The summed E-state index contributed by atoms with van der Waals surface area (Å²) in [5.41, 5.74) is 8.91. The number of amides is 5. The molecule has 11 heteroatoms. The summed E-state index contributed by atoms with van der Waals surface area (Å²) in [6.07, 6.45) is 3.59. The van der Waals surface area contributed by atoms with Gasteiger partial charge in [-0.3, -0.25) is 39.1 Å². The molecule has 2 N–H and O–H groups in total. The molecule has 5 heterocycles. The molecule has 5 aliphatic heterocycles. The van der Waals surface area contributed by atoms with Crippen LogP contribution < -0.4 is 10.2 Å². The Morgan fingerprint density at radius 1 is 0.754 bits per heavy atom. The number of rotatable bonds is 6. The fourth-order valence-electron chi connectivity index (χ4n) is 10.6. The number of aryl methyl sites for hydroxylation is 2. The number of piperidine rings is 1. The lowest BCUT2D eigenvalue weighted by Crippen LogP contribution is -2.73. The van der Waals surface area contributed by atoms with Gasteiger partial charge in [-0.05, 0) is 108 Å². The van der Waals surface area contributed by atoms with Crippen LogP contribution in [0, 0.1) is 5.41 Å². The number of nitrogens with zero attached hydrogens (tertiary/aromatic N) is 4. The molecule has 57 heavy (non-hydrogen) atoms. The number of carbonyl (C=O) groups excluding carboxylic acids is 5. The Morgan fingerprint density at radius 3 is 2.23 bits per heavy atom. The maximum Gasteiger partial charge on any atom is 0.262 e. The van der Waals surface area contributed by atoms with Crippen LogP contribution >= 0.6 is 0 Å². The molecule has 1 aliphatic carbocycles. The van der Waals surface area contributed by atoms with Crippen molar-refractivity contribution in [2.75, 3.05) is 44.2 Å². The van der Waals surface area contributed by atoms with Crippen molar-refractivity contribution in [3.8, 4) is 5.75 Å². The van der Waals surface area contributed by atoms with Crippen molar-refractivity contribution >= 4 is 35.2 Å². The molecule has 0 radical (unpaired) electrons. The topological polar surface area (TPSA) is 131 Å². The molecule has 290 valence electrons. The van der Waals surface area contributed by atoms with Crippen molar-refractivity contribution in [1.29, 1.82) is 0 Å². The first-order valence-corrected chi connectivity index (χ1v) is 20.2. The molecule has 0 bridgehead atoms. The number of phenols is 1. The normalized spacial score (nSPS) is 23.9. The minimum atomic E-state index is -1.01. The van der Waals surface area contributed by atoms with Crippen molar-refractivity contribution in [3.63, 3.8) is 0 Å². The average Bonchev–Trinajstić information content (AvgIpc) is 3.30. The molecular formula is C46H45N5O6. The molecule has 0 aromatic heterocycles. The number of likely N-dealkylation sites (tertiary alicyclic amines) is 1. The summed E-state index contributed by atoms with van der Waals surface area (Å²) in [5.74, 6) is -1.11. The minimum absolute atomic E-state index is 0.0610. The third kappa shape index (κ3) is 6.19. The summed E-state index contributed by atoms with van der Waals surface area (Å²) >= 11 is 0. The third-order valence-electron chi connectivity index (χ3n) is 13.3. The van der Waals surface area contributed by atoms with E-state index < -0.39 is 29.7 Å². The zero-order valence-electron chi connectivity index (χ0n) is 31.8. The summed E-state index contributed by atoms with van der Waals surface area (Å²) in [4.78, 5) is 72.2. The molecular weight excluding hydrogens is 719 g/mol. The first-order chi connectivity index (χ1) is 27.6. The summed E-state index contributed by atoms with van der Waals surface area (Å²) in [7, 11) is 0. The molecule has 5 amide bonds. The van der Waals surface area contributed by atoms with Gasteiger partial charge in [-0.2, -0.15) is 0 Å². The van der Waals surface area contributed by atoms with Crippen LogP contribution in [-0.2, 0) is 33.8 Å². The molecule has 1 unspecified atom stereocenters. The van der Waals surface area contributed by atoms with Gasteiger partial charge < -0.3 is 14.9 Å². The molecule has 1 spiro atoms. The highest BCUT2D eigenvalue weighted by molar-refractivity contribution is 6.23. The number of phenolic OH excluding ortho intramolecular Hbond substituents is 1. The number of benzene rings is 4. The number of hydrogen-bond acceptors (Lipinski definition) is 8. The fourth-order valence-corrected chi connectivity index (χ4v) is 10.6. The van der Waals surface area contributed by atoms with Gasteiger partial charge >= 0.3 is 0 Å². The number of hydrogen-bond donors (Lipinski definition) is 2. The van der Waals surface area contributed by atoms with Gasteiger partial charge in [0, 0.05) is 62.7 Å². The zero-order valence-corrected chi connectivity index (χ0v) is 31.8. The van der Waals surface area contributed by atoms with E-state index in [0.717, 1.165) is 61.5 Å². The number of imide groups is 2. The molecule has 3 fully saturated rings. The molecule has 4 aromatic rings. The summed E-state index contributed by atoms with van der Waals surface area (Å²) in [5, 5.41) is 12.5. The largest absolute Gasteiger partial charge is 0.508 e.